The average Bonchev–Trinajstić information content (AvgIpc) is 3.11. The van der Waals surface area contributed by atoms with Crippen LogP contribution in [0.4, 0.5) is 13.2 Å². The Kier molecular flexibility index (Phi) is 3.87. The molecule has 1 atom stereocenters. The van der Waals surface area contributed by atoms with Gasteiger partial charge in [0.15, 0.2) is 5.60 Å². The van der Waals surface area contributed by atoms with Crippen LogP contribution in [0.1, 0.15) is 22.5 Å². The van der Waals surface area contributed by atoms with E-state index in [9.17, 15) is 23.1 Å². The fourth-order valence-corrected chi connectivity index (χ4v) is 2.77. The number of aliphatic hydroxyl groups is 1. The van der Waals surface area contributed by atoms with Crippen LogP contribution in [0.15, 0.2) is 34.9 Å². The molecule has 1 aliphatic heterocycles. The van der Waals surface area contributed by atoms with Crippen molar-refractivity contribution in [2.75, 3.05) is 13.1 Å². The first-order valence-electron chi connectivity index (χ1n) is 7.33. The summed E-state index contributed by atoms with van der Waals surface area (Å²) in [7, 11) is 0. The summed E-state index contributed by atoms with van der Waals surface area (Å²) in [5, 5.41) is 13.6. The molecule has 0 unspecified atom stereocenters. The van der Waals surface area contributed by atoms with E-state index in [1.165, 1.54) is 6.92 Å². The number of carbonyl (C=O) groups excluding carboxylic acids is 1. The quantitative estimate of drug-likeness (QED) is 0.913. The molecular formula is C16H15F3N2O3. The van der Waals surface area contributed by atoms with Gasteiger partial charge < -0.3 is 14.5 Å². The average molecular weight is 340 g/mol. The highest BCUT2D eigenvalue weighted by Gasteiger charge is 2.58. The van der Waals surface area contributed by atoms with Crippen LogP contribution in [0.25, 0.3) is 11.3 Å². The number of amides is 1. The molecule has 0 aliphatic carbocycles. The molecule has 1 saturated heterocycles. The van der Waals surface area contributed by atoms with E-state index in [1.54, 1.807) is 30.3 Å². The number of alkyl halides is 3. The number of hydrogen-bond donors (Lipinski definition) is 1. The first kappa shape index (κ1) is 16.5. The number of halogens is 3. The second-order valence-corrected chi connectivity index (χ2v) is 5.83. The Labute approximate surface area is 135 Å². The Morgan fingerprint density at radius 1 is 1.33 bits per heavy atom. The predicted molar refractivity (Wildman–Crippen MR) is 78.2 cm³/mol. The van der Waals surface area contributed by atoms with Crippen molar-refractivity contribution in [1.29, 1.82) is 0 Å². The van der Waals surface area contributed by atoms with Crippen LogP contribution in [0.2, 0.25) is 0 Å². The first-order valence-corrected chi connectivity index (χ1v) is 7.33. The SMILES string of the molecule is Cc1onc(-c2ccccc2)c1C(=O)N1CC[C@](O)(C(F)(F)F)C1. The molecule has 0 spiro atoms. The van der Waals surface area contributed by atoms with Gasteiger partial charge in [0, 0.05) is 18.5 Å². The third-order valence-corrected chi connectivity index (χ3v) is 4.19. The number of carbonyl (C=O) groups is 1. The van der Waals surface area contributed by atoms with Gasteiger partial charge in [-0.05, 0) is 6.92 Å². The van der Waals surface area contributed by atoms with Gasteiger partial charge in [-0.15, -0.1) is 0 Å². The fraction of sp³-hybridized carbons (Fsp3) is 0.375. The molecule has 0 saturated carbocycles. The van der Waals surface area contributed by atoms with Gasteiger partial charge in [0.2, 0.25) is 0 Å². The minimum Gasteiger partial charge on any atom is -0.379 e. The van der Waals surface area contributed by atoms with Crippen molar-refractivity contribution in [1.82, 2.24) is 10.1 Å². The number of aryl methyl sites for hydroxylation is 1. The van der Waals surface area contributed by atoms with Gasteiger partial charge in [0.25, 0.3) is 5.91 Å². The van der Waals surface area contributed by atoms with Crippen molar-refractivity contribution < 1.29 is 27.6 Å². The summed E-state index contributed by atoms with van der Waals surface area (Å²) in [6, 6.07) is 8.76. The number of nitrogens with zero attached hydrogens (tertiary/aromatic N) is 2. The summed E-state index contributed by atoms with van der Waals surface area (Å²) in [6.07, 6.45) is -5.33. The zero-order valence-corrected chi connectivity index (χ0v) is 12.8. The van der Waals surface area contributed by atoms with Crippen molar-refractivity contribution in [3.8, 4) is 11.3 Å². The van der Waals surface area contributed by atoms with Crippen LogP contribution in [0.3, 0.4) is 0 Å². The maximum absolute atomic E-state index is 12.9. The highest BCUT2D eigenvalue weighted by Crippen LogP contribution is 2.38. The van der Waals surface area contributed by atoms with Crippen molar-refractivity contribution in [2.24, 2.45) is 0 Å². The maximum atomic E-state index is 12.9. The van der Waals surface area contributed by atoms with Crippen molar-refractivity contribution >= 4 is 5.91 Å². The minimum atomic E-state index is -4.78. The molecule has 1 amide bonds. The fourth-order valence-electron chi connectivity index (χ4n) is 2.77. The molecule has 1 N–H and O–H groups in total. The lowest BCUT2D eigenvalue weighted by molar-refractivity contribution is -0.253. The van der Waals surface area contributed by atoms with Gasteiger partial charge in [0.1, 0.15) is 17.0 Å². The van der Waals surface area contributed by atoms with E-state index < -0.39 is 30.7 Å². The molecule has 24 heavy (non-hydrogen) atoms. The van der Waals surface area contributed by atoms with Crippen molar-refractivity contribution in [3.05, 3.63) is 41.7 Å². The third kappa shape index (κ3) is 2.66. The standard InChI is InChI=1S/C16H15F3N2O3/c1-10-12(13(20-24-10)11-5-3-2-4-6-11)14(22)21-8-7-15(23,9-21)16(17,18)19/h2-6,23H,7-9H2,1H3/t15-/m1/s1. The van der Waals surface area contributed by atoms with Gasteiger partial charge in [-0.3, -0.25) is 4.79 Å². The lowest BCUT2D eigenvalue weighted by Gasteiger charge is -2.25. The van der Waals surface area contributed by atoms with E-state index in [-0.39, 0.29) is 23.6 Å². The Morgan fingerprint density at radius 3 is 2.58 bits per heavy atom. The van der Waals surface area contributed by atoms with Gasteiger partial charge in [-0.2, -0.15) is 13.2 Å². The summed E-state index contributed by atoms with van der Waals surface area (Å²) in [5.74, 6) is -0.408. The molecule has 1 aromatic heterocycles. The van der Waals surface area contributed by atoms with Crippen molar-refractivity contribution in [3.63, 3.8) is 0 Å². The first-order chi connectivity index (χ1) is 11.2. The molecule has 128 valence electrons. The zero-order chi connectivity index (χ0) is 17.5. The Balaban J connectivity index is 1.91. The lowest BCUT2D eigenvalue weighted by atomic mass is 10.0. The van der Waals surface area contributed by atoms with Crippen LogP contribution in [0, 0.1) is 6.92 Å². The number of β-amino-alcohol motifs (C(OH)–C–C–N with tert-alkyl or cyclic N) is 1. The van der Waals surface area contributed by atoms with Gasteiger partial charge in [0.05, 0.1) is 6.54 Å². The minimum absolute atomic E-state index is 0.118. The molecule has 1 fully saturated rings. The Morgan fingerprint density at radius 2 is 2.00 bits per heavy atom. The van der Waals surface area contributed by atoms with Crippen LogP contribution >= 0.6 is 0 Å². The van der Waals surface area contributed by atoms with Gasteiger partial charge >= 0.3 is 6.18 Å². The monoisotopic (exact) mass is 340 g/mol. The molecule has 2 heterocycles. The summed E-state index contributed by atoms with van der Waals surface area (Å²) in [6.45, 7) is 0.542. The predicted octanol–water partition coefficient (Wildman–Crippen LogP) is 2.79. The van der Waals surface area contributed by atoms with E-state index in [1.807, 2.05) is 0 Å². The maximum Gasteiger partial charge on any atom is 0.419 e. The molecular weight excluding hydrogens is 325 g/mol. The third-order valence-electron chi connectivity index (χ3n) is 4.19. The van der Waals surface area contributed by atoms with E-state index in [0.717, 1.165) is 4.90 Å². The molecule has 0 bridgehead atoms. The second-order valence-electron chi connectivity index (χ2n) is 5.83. The molecule has 1 aliphatic rings. The van der Waals surface area contributed by atoms with Crippen LogP contribution < -0.4 is 0 Å². The number of hydrogen-bond acceptors (Lipinski definition) is 4. The molecule has 1 aromatic carbocycles. The summed E-state index contributed by atoms with van der Waals surface area (Å²) < 4.78 is 43.9. The van der Waals surface area contributed by atoms with E-state index in [0.29, 0.717) is 5.56 Å². The number of benzene rings is 1. The molecule has 0 radical (unpaired) electrons. The Hall–Kier alpha value is -2.35. The van der Waals surface area contributed by atoms with Gasteiger partial charge in [-0.25, -0.2) is 0 Å². The summed E-state index contributed by atoms with van der Waals surface area (Å²) in [4.78, 5) is 13.7. The van der Waals surface area contributed by atoms with E-state index in [2.05, 4.69) is 5.16 Å². The van der Waals surface area contributed by atoms with Crippen LogP contribution in [0.5, 0.6) is 0 Å². The smallest absolute Gasteiger partial charge is 0.379 e. The van der Waals surface area contributed by atoms with Crippen molar-refractivity contribution in [2.45, 2.75) is 25.1 Å². The molecule has 3 rings (SSSR count). The number of likely N-dealkylation sites (tertiary alicyclic amines) is 1. The number of aromatic nitrogens is 1. The van der Waals surface area contributed by atoms with Crippen LogP contribution in [-0.4, -0.2) is 45.9 Å². The molecule has 5 nitrogen and oxygen atoms in total. The van der Waals surface area contributed by atoms with E-state index in [4.69, 9.17) is 4.52 Å². The van der Waals surface area contributed by atoms with Crippen LogP contribution in [-0.2, 0) is 0 Å². The zero-order valence-electron chi connectivity index (χ0n) is 12.8. The summed E-state index contributed by atoms with van der Waals surface area (Å²) in [5.41, 5.74) is -1.85. The highest BCUT2D eigenvalue weighted by atomic mass is 19.4. The summed E-state index contributed by atoms with van der Waals surface area (Å²) >= 11 is 0. The normalized spacial score (nSPS) is 21.3. The highest BCUT2D eigenvalue weighted by molar-refractivity contribution is 6.01. The molecule has 8 heteroatoms. The Bertz CT molecular complexity index is 758. The van der Waals surface area contributed by atoms with Gasteiger partial charge in [-0.1, -0.05) is 35.5 Å². The molecule has 2 aromatic rings. The number of rotatable bonds is 2. The topological polar surface area (TPSA) is 66.6 Å². The lowest BCUT2D eigenvalue weighted by Crippen LogP contribution is -2.48. The second kappa shape index (κ2) is 5.62. The largest absolute Gasteiger partial charge is 0.419 e. The van der Waals surface area contributed by atoms with E-state index >= 15 is 0 Å².